The molecule has 0 saturated carbocycles. The number of carbonyl (C=O) groups is 1. The fourth-order valence-corrected chi connectivity index (χ4v) is 12.8. The minimum Gasteiger partial charge on any atom is -0.497 e. The van der Waals surface area contributed by atoms with Gasteiger partial charge in [0, 0.05) is 42.9 Å². The number of nitro benzene ring substituents is 1. The summed E-state index contributed by atoms with van der Waals surface area (Å²) in [6.07, 6.45) is 8.10. The lowest BCUT2D eigenvalue weighted by Crippen LogP contribution is -2.52. The third kappa shape index (κ3) is 7.80. The standard InChI is InChI=1S/C43H53N5O6Si/c1-29(2)12-11-13-30(3)22-25-47-39-21-16-33(48(51)52)26-37(39)43(42(47)50)31(4)41(55(6,7)35-19-17-34(53-5)18-20-35)40(54-43)23-24-46-27-38(44-45-46)36(28-49)32-14-9-8-10-15-32/h8-10,12,14-22,26-27,31,36,40-41,49H,11,13,23-25,28H2,1-7H3/b30-22+/t31-,36?,40+,41-,43+/m1/s1. The molecule has 12 heteroatoms. The van der Waals surface area contributed by atoms with E-state index in [1.165, 1.54) is 22.4 Å². The molecule has 0 bridgehead atoms. The quantitative estimate of drug-likeness (QED) is 0.0565. The highest BCUT2D eigenvalue weighted by Crippen LogP contribution is 2.60. The zero-order chi connectivity index (χ0) is 39.5. The van der Waals surface area contributed by atoms with E-state index in [1.54, 1.807) is 28.8 Å². The van der Waals surface area contributed by atoms with Crippen LogP contribution in [0.25, 0.3) is 0 Å². The third-order valence-corrected chi connectivity index (χ3v) is 16.0. The molecule has 55 heavy (non-hydrogen) atoms. The predicted octanol–water partition coefficient (Wildman–Crippen LogP) is 7.66. The first-order valence-corrected chi connectivity index (χ1v) is 22.2. The largest absolute Gasteiger partial charge is 0.497 e. The van der Waals surface area contributed by atoms with Crippen LogP contribution in [0.1, 0.15) is 69.7 Å². The zero-order valence-corrected chi connectivity index (χ0v) is 33.9. The van der Waals surface area contributed by atoms with Crippen molar-refractivity contribution >= 4 is 30.5 Å². The number of hydrogen-bond donors (Lipinski definition) is 1. The molecular weight excluding hydrogens is 711 g/mol. The minimum absolute atomic E-state index is 0.0595. The molecule has 1 spiro atoms. The van der Waals surface area contributed by atoms with Crippen molar-refractivity contribution < 1.29 is 24.3 Å². The zero-order valence-electron chi connectivity index (χ0n) is 32.9. The summed E-state index contributed by atoms with van der Waals surface area (Å²) >= 11 is 0. The molecule has 1 unspecified atom stereocenters. The molecular formula is C43H53N5O6Si. The summed E-state index contributed by atoms with van der Waals surface area (Å²) in [7, 11) is -0.803. The number of benzene rings is 3. The highest BCUT2D eigenvalue weighted by molar-refractivity contribution is 6.91. The van der Waals surface area contributed by atoms with Crippen LogP contribution in [0.5, 0.6) is 5.75 Å². The number of aliphatic hydroxyl groups is 1. The highest BCUT2D eigenvalue weighted by Gasteiger charge is 2.66. The number of carbonyl (C=O) groups excluding carboxylic acids is 1. The topological polar surface area (TPSA) is 133 Å². The average Bonchev–Trinajstić information content (AvgIpc) is 3.83. The van der Waals surface area contributed by atoms with E-state index in [0.717, 1.165) is 24.2 Å². The van der Waals surface area contributed by atoms with E-state index in [-0.39, 0.29) is 41.7 Å². The molecule has 3 aromatic carbocycles. The van der Waals surface area contributed by atoms with Gasteiger partial charge in [0.05, 0.1) is 50.1 Å². The number of hydrogen-bond acceptors (Lipinski definition) is 8. The number of rotatable bonds is 15. The molecule has 1 aromatic heterocycles. The number of nitrogens with zero attached hydrogens (tertiary/aromatic N) is 5. The van der Waals surface area contributed by atoms with E-state index in [2.05, 4.69) is 75.4 Å². The Bertz CT molecular complexity index is 2060. The summed E-state index contributed by atoms with van der Waals surface area (Å²) in [6, 6.07) is 22.7. The van der Waals surface area contributed by atoms with Crippen LogP contribution < -0.4 is 14.8 Å². The van der Waals surface area contributed by atoms with Gasteiger partial charge in [-0.25, -0.2) is 0 Å². The van der Waals surface area contributed by atoms with Gasteiger partial charge < -0.3 is 19.5 Å². The number of fused-ring (bicyclic) bond motifs is 2. The minimum atomic E-state index is -2.45. The summed E-state index contributed by atoms with van der Waals surface area (Å²) in [5, 5.41) is 32.5. The normalized spacial score (nSPS) is 21.5. The fraction of sp³-hybridized carbons (Fsp3) is 0.419. The Labute approximate surface area is 324 Å². The van der Waals surface area contributed by atoms with Gasteiger partial charge in [-0.05, 0) is 69.3 Å². The van der Waals surface area contributed by atoms with Crippen molar-refractivity contribution in [3.05, 3.63) is 129 Å². The molecule has 0 aliphatic carbocycles. The van der Waals surface area contributed by atoms with Crippen LogP contribution in [0.15, 0.2) is 102 Å². The molecule has 11 nitrogen and oxygen atoms in total. The lowest BCUT2D eigenvalue weighted by atomic mass is 9.82. The molecule has 6 rings (SSSR count). The molecule has 3 heterocycles. The summed E-state index contributed by atoms with van der Waals surface area (Å²) < 4.78 is 14.5. The number of anilines is 1. The van der Waals surface area contributed by atoms with Gasteiger partial charge in [0.1, 0.15) is 5.75 Å². The van der Waals surface area contributed by atoms with Crippen molar-refractivity contribution in [3.8, 4) is 5.75 Å². The maximum absolute atomic E-state index is 15.1. The van der Waals surface area contributed by atoms with Gasteiger partial charge >= 0.3 is 0 Å². The molecule has 4 aromatic rings. The first-order chi connectivity index (χ1) is 26.3. The maximum atomic E-state index is 15.1. The van der Waals surface area contributed by atoms with Gasteiger partial charge in [0.15, 0.2) is 5.60 Å². The molecule has 1 amide bonds. The highest BCUT2D eigenvalue weighted by atomic mass is 28.3. The Morgan fingerprint density at radius 2 is 1.82 bits per heavy atom. The summed E-state index contributed by atoms with van der Waals surface area (Å²) in [5.74, 6) is -0.0459. The van der Waals surface area contributed by atoms with Gasteiger partial charge in [0.2, 0.25) is 0 Å². The molecule has 2 aliphatic rings. The number of aliphatic hydroxyl groups excluding tert-OH is 1. The number of allylic oxidation sites excluding steroid dienone is 3. The van der Waals surface area contributed by atoms with Crippen molar-refractivity contribution in [2.24, 2.45) is 5.92 Å². The Kier molecular flexibility index (Phi) is 11.9. The number of methoxy groups -OCH3 is 1. The lowest BCUT2D eigenvalue weighted by molar-refractivity contribution is -0.385. The smallest absolute Gasteiger partial charge is 0.269 e. The van der Waals surface area contributed by atoms with Crippen molar-refractivity contribution in [3.63, 3.8) is 0 Å². The Balaban J connectivity index is 1.38. The van der Waals surface area contributed by atoms with Crippen LogP contribution in [0.2, 0.25) is 18.6 Å². The van der Waals surface area contributed by atoms with Gasteiger partial charge in [-0.15, -0.1) is 5.10 Å². The molecule has 1 N–H and O–H groups in total. The maximum Gasteiger partial charge on any atom is 0.269 e. The van der Waals surface area contributed by atoms with Crippen LogP contribution in [-0.2, 0) is 21.7 Å². The van der Waals surface area contributed by atoms with Crippen LogP contribution in [0.3, 0.4) is 0 Å². The second kappa shape index (κ2) is 16.4. The number of nitro groups is 1. The molecule has 5 atom stereocenters. The summed E-state index contributed by atoms with van der Waals surface area (Å²) in [6.45, 7) is 13.7. The first-order valence-electron chi connectivity index (χ1n) is 19.1. The van der Waals surface area contributed by atoms with Gasteiger partial charge in [-0.1, -0.05) is 96.2 Å². The second-order valence-electron chi connectivity index (χ2n) is 15.7. The molecule has 1 fully saturated rings. The van der Waals surface area contributed by atoms with E-state index in [4.69, 9.17) is 9.47 Å². The number of ether oxygens (including phenoxy) is 2. The second-order valence-corrected chi connectivity index (χ2v) is 20.4. The van der Waals surface area contributed by atoms with Gasteiger partial charge in [0.25, 0.3) is 11.6 Å². The first kappa shape index (κ1) is 39.8. The Morgan fingerprint density at radius 1 is 1.09 bits per heavy atom. The Morgan fingerprint density at radius 3 is 2.47 bits per heavy atom. The number of non-ortho nitro benzene ring substituents is 1. The van der Waals surface area contributed by atoms with Crippen LogP contribution in [0.4, 0.5) is 11.4 Å². The molecule has 2 aliphatic heterocycles. The summed E-state index contributed by atoms with van der Waals surface area (Å²) in [5.41, 5.74) is 3.71. The monoisotopic (exact) mass is 763 g/mol. The van der Waals surface area contributed by atoms with E-state index < -0.39 is 18.6 Å². The van der Waals surface area contributed by atoms with Crippen LogP contribution in [-0.4, -0.2) is 65.4 Å². The van der Waals surface area contributed by atoms with Crippen LogP contribution in [0, 0.1) is 16.0 Å². The molecule has 1 saturated heterocycles. The van der Waals surface area contributed by atoms with E-state index in [0.29, 0.717) is 36.5 Å². The van der Waals surface area contributed by atoms with Crippen molar-refractivity contribution in [1.29, 1.82) is 0 Å². The average molecular weight is 764 g/mol. The van der Waals surface area contributed by atoms with Crippen LogP contribution >= 0.6 is 0 Å². The molecule has 290 valence electrons. The predicted molar refractivity (Wildman–Crippen MR) is 217 cm³/mol. The lowest BCUT2D eigenvalue weighted by Gasteiger charge is -2.37. The third-order valence-electron chi connectivity index (χ3n) is 11.7. The van der Waals surface area contributed by atoms with Gasteiger partial charge in [-0.3, -0.25) is 19.6 Å². The summed E-state index contributed by atoms with van der Waals surface area (Å²) in [4.78, 5) is 28.6. The number of aryl methyl sites for hydroxylation is 1. The SMILES string of the molecule is COc1ccc([Si](C)(C)[C@H]2[C@H](CCn3cc(C(CO)c4ccccc4)nn3)O[C@@]3(C(=O)N(C/C=C(\C)CCC=C(C)C)c4ccc([N+](=O)[O-])cc43)[C@@H]2C)cc1. The van der Waals surface area contributed by atoms with E-state index in [1.807, 2.05) is 48.7 Å². The number of amides is 1. The van der Waals surface area contributed by atoms with Crippen molar-refractivity contribution in [2.75, 3.05) is 25.2 Å². The van der Waals surface area contributed by atoms with Gasteiger partial charge in [-0.2, -0.15) is 0 Å². The van der Waals surface area contributed by atoms with Crippen molar-refractivity contribution in [1.82, 2.24) is 15.0 Å². The fourth-order valence-electron chi connectivity index (χ4n) is 8.70. The molecule has 0 radical (unpaired) electrons. The van der Waals surface area contributed by atoms with E-state index >= 15 is 4.79 Å². The number of aromatic nitrogens is 3. The van der Waals surface area contributed by atoms with Crippen molar-refractivity contribution in [2.45, 2.75) is 89.8 Å². The van der Waals surface area contributed by atoms with E-state index in [9.17, 15) is 15.2 Å². The Hall–Kier alpha value is -4.91.